The van der Waals surface area contributed by atoms with Crippen molar-refractivity contribution < 1.29 is 0 Å². The van der Waals surface area contributed by atoms with Gasteiger partial charge in [-0.25, -0.2) is 0 Å². The zero-order valence-electron chi connectivity index (χ0n) is 9.74. The van der Waals surface area contributed by atoms with Gasteiger partial charge < -0.3 is 0 Å². The second-order valence-corrected chi connectivity index (χ2v) is 5.72. The van der Waals surface area contributed by atoms with E-state index in [1.165, 1.54) is 0 Å². The highest BCUT2D eigenvalue weighted by Crippen LogP contribution is 2.21. The molecule has 0 aliphatic carbocycles. The Labute approximate surface area is 107 Å². The standard InChI is InChI=1S/C12H19ClN2S/c1-9(2)7-16-8-12(15-14)10-4-3-5-11(13)6-10/h3-6,9,12,15H,7-8,14H2,1-2H3. The molecule has 0 amide bonds. The van der Waals surface area contributed by atoms with E-state index >= 15 is 0 Å². The Balaban J connectivity index is 2.53. The summed E-state index contributed by atoms with van der Waals surface area (Å²) < 4.78 is 0. The van der Waals surface area contributed by atoms with Gasteiger partial charge in [-0.05, 0) is 29.4 Å². The molecule has 1 aromatic rings. The molecule has 1 aromatic carbocycles. The molecule has 4 heteroatoms. The number of hydrazine groups is 1. The second kappa shape index (κ2) is 7.17. The zero-order chi connectivity index (χ0) is 12.0. The van der Waals surface area contributed by atoms with Gasteiger partial charge in [0.15, 0.2) is 0 Å². The van der Waals surface area contributed by atoms with Gasteiger partial charge in [-0.2, -0.15) is 11.8 Å². The predicted octanol–water partition coefficient (Wildman–Crippen LogP) is 3.23. The third kappa shape index (κ3) is 4.74. The first-order valence-electron chi connectivity index (χ1n) is 5.42. The second-order valence-electron chi connectivity index (χ2n) is 4.21. The normalized spacial score (nSPS) is 13.1. The van der Waals surface area contributed by atoms with Crippen LogP contribution < -0.4 is 11.3 Å². The molecule has 1 unspecified atom stereocenters. The van der Waals surface area contributed by atoms with Crippen molar-refractivity contribution in [3.8, 4) is 0 Å². The van der Waals surface area contributed by atoms with Crippen LogP contribution >= 0.6 is 23.4 Å². The predicted molar refractivity (Wildman–Crippen MR) is 73.7 cm³/mol. The number of hydrogen-bond acceptors (Lipinski definition) is 3. The van der Waals surface area contributed by atoms with Crippen LogP contribution in [0, 0.1) is 5.92 Å². The van der Waals surface area contributed by atoms with Gasteiger partial charge in [0.25, 0.3) is 0 Å². The number of nitrogens with two attached hydrogens (primary N) is 1. The smallest absolute Gasteiger partial charge is 0.0550 e. The fourth-order valence-electron chi connectivity index (χ4n) is 1.39. The third-order valence-electron chi connectivity index (χ3n) is 2.19. The molecule has 90 valence electrons. The molecule has 0 saturated carbocycles. The van der Waals surface area contributed by atoms with Crippen LogP contribution in [0.1, 0.15) is 25.5 Å². The summed E-state index contributed by atoms with van der Waals surface area (Å²) in [6, 6.07) is 8.01. The zero-order valence-corrected chi connectivity index (χ0v) is 11.3. The van der Waals surface area contributed by atoms with Crippen LogP contribution in [-0.2, 0) is 0 Å². The van der Waals surface area contributed by atoms with Crippen molar-refractivity contribution in [3.05, 3.63) is 34.9 Å². The Bertz CT molecular complexity index is 318. The van der Waals surface area contributed by atoms with Crippen LogP contribution in [0.25, 0.3) is 0 Å². The summed E-state index contributed by atoms with van der Waals surface area (Å²) in [5.74, 6) is 8.40. The van der Waals surface area contributed by atoms with Crippen LogP contribution in [-0.4, -0.2) is 11.5 Å². The number of rotatable bonds is 6. The van der Waals surface area contributed by atoms with Crippen LogP contribution in [0.2, 0.25) is 5.02 Å². The molecule has 0 spiro atoms. The van der Waals surface area contributed by atoms with Crippen LogP contribution in [0.15, 0.2) is 24.3 Å². The largest absolute Gasteiger partial charge is 0.271 e. The van der Waals surface area contributed by atoms with E-state index < -0.39 is 0 Å². The lowest BCUT2D eigenvalue weighted by Gasteiger charge is -2.16. The first-order chi connectivity index (χ1) is 7.63. The van der Waals surface area contributed by atoms with Crippen LogP contribution in [0.4, 0.5) is 0 Å². The summed E-state index contributed by atoms with van der Waals surface area (Å²) in [6.45, 7) is 4.44. The summed E-state index contributed by atoms with van der Waals surface area (Å²) in [4.78, 5) is 0. The molecule has 0 heterocycles. The van der Waals surface area contributed by atoms with Gasteiger partial charge in [0.2, 0.25) is 0 Å². The Morgan fingerprint density at radius 2 is 2.12 bits per heavy atom. The maximum Gasteiger partial charge on any atom is 0.0550 e. The highest BCUT2D eigenvalue weighted by atomic mass is 35.5. The monoisotopic (exact) mass is 258 g/mol. The fourth-order valence-corrected chi connectivity index (χ4v) is 2.72. The Kier molecular flexibility index (Phi) is 6.21. The fraction of sp³-hybridized carbons (Fsp3) is 0.500. The molecule has 1 atom stereocenters. The summed E-state index contributed by atoms with van der Waals surface area (Å²) in [7, 11) is 0. The number of halogens is 1. The first kappa shape index (κ1) is 13.8. The van der Waals surface area contributed by atoms with Crippen molar-refractivity contribution in [3.63, 3.8) is 0 Å². The number of nitrogens with one attached hydrogen (secondary N) is 1. The maximum atomic E-state index is 5.95. The molecular formula is C12H19ClN2S. The number of benzene rings is 1. The van der Waals surface area contributed by atoms with E-state index in [0.717, 1.165) is 22.1 Å². The van der Waals surface area contributed by atoms with E-state index in [9.17, 15) is 0 Å². The van der Waals surface area contributed by atoms with E-state index in [2.05, 4.69) is 19.3 Å². The minimum absolute atomic E-state index is 0.169. The van der Waals surface area contributed by atoms with Gasteiger partial charge in [0.1, 0.15) is 0 Å². The maximum absolute atomic E-state index is 5.95. The summed E-state index contributed by atoms with van der Waals surface area (Å²) in [5.41, 5.74) is 3.98. The highest BCUT2D eigenvalue weighted by molar-refractivity contribution is 7.99. The Morgan fingerprint density at radius 3 is 2.69 bits per heavy atom. The molecule has 16 heavy (non-hydrogen) atoms. The third-order valence-corrected chi connectivity index (χ3v) is 3.89. The average Bonchev–Trinajstić information content (AvgIpc) is 2.24. The van der Waals surface area contributed by atoms with Crippen LogP contribution in [0.5, 0.6) is 0 Å². The molecule has 1 rings (SSSR count). The minimum Gasteiger partial charge on any atom is -0.271 e. The Hall–Kier alpha value is -0.220. The van der Waals surface area contributed by atoms with Crippen molar-refractivity contribution in [1.82, 2.24) is 5.43 Å². The van der Waals surface area contributed by atoms with Gasteiger partial charge in [-0.15, -0.1) is 0 Å². The quantitative estimate of drug-likeness (QED) is 0.608. The molecule has 0 saturated heterocycles. The molecule has 0 fully saturated rings. The lowest BCUT2D eigenvalue weighted by Crippen LogP contribution is -2.29. The topological polar surface area (TPSA) is 38.0 Å². The van der Waals surface area contributed by atoms with Gasteiger partial charge in [0, 0.05) is 10.8 Å². The van der Waals surface area contributed by atoms with Gasteiger partial charge >= 0.3 is 0 Å². The summed E-state index contributed by atoms with van der Waals surface area (Å²) in [5, 5.41) is 0.756. The van der Waals surface area contributed by atoms with E-state index in [1.54, 1.807) is 0 Å². The van der Waals surface area contributed by atoms with Gasteiger partial charge in [-0.1, -0.05) is 37.6 Å². The van der Waals surface area contributed by atoms with Crippen molar-refractivity contribution in [2.75, 3.05) is 11.5 Å². The lowest BCUT2D eigenvalue weighted by atomic mass is 10.1. The minimum atomic E-state index is 0.169. The van der Waals surface area contributed by atoms with Crippen molar-refractivity contribution in [2.24, 2.45) is 11.8 Å². The van der Waals surface area contributed by atoms with Gasteiger partial charge in [0.05, 0.1) is 6.04 Å². The molecular weight excluding hydrogens is 240 g/mol. The summed E-state index contributed by atoms with van der Waals surface area (Å²) >= 11 is 7.86. The highest BCUT2D eigenvalue weighted by Gasteiger charge is 2.10. The van der Waals surface area contributed by atoms with E-state index in [-0.39, 0.29) is 6.04 Å². The SMILES string of the molecule is CC(C)CSCC(NN)c1cccc(Cl)c1. The molecule has 2 nitrogen and oxygen atoms in total. The van der Waals surface area contributed by atoms with Gasteiger partial charge in [-0.3, -0.25) is 11.3 Å². The van der Waals surface area contributed by atoms with E-state index in [0.29, 0.717) is 5.92 Å². The lowest BCUT2D eigenvalue weighted by molar-refractivity contribution is 0.609. The molecule has 0 bridgehead atoms. The first-order valence-corrected chi connectivity index (χ1v) is 6.96. The average molecular weight is 259 g/mol. The number of hydrogen-bond donors (Lipinski definition) is 2. The van der Waals surface area contributed by atoms with E-state index in [4.69, 9.17) is 17.4 Å². The van der Waals surface area contributed by atoms with Crippen molar-refractivity contribution in [1.29, 1.82) is 0 Å². The molecule has 0 aliphatic rings. The molecule has 3 N–H and O–H groups in total. The molecule has 0 aromatic heterocycles. The Morgan fingerprint density at radius 1 is 1.38 bits per heavy atom. The summed E-state index contributed by atoms with van der Waals surface area (Å²) in [6.07, 6.45) is 0. The van der Waals surface area contributed by atoms with E-state index in [1.807, 2.05) is 36.0 Å². The number of thioether (sulfide) groups is 1. The molecule has 0 radical (unpaired) electrons. The van der Waals surface area contributed by atoms with Crippen molar-refractivity contribution in [2.45, 2.75) is 19.9 Å². The van der Waals surface area contributed by atoms with Crippen LogP contribution in [0.3, 0.4) is 0 Å². The molecule has 0 aliphatic heterocycles. The van der Waals surface area contributed by atoms with Crippen molar-refractivity contribution >= 4 is 23.4 Å².